The Hall–Kier alpha value is -3.03. The number of hydrogen-bond donors (Lipinski definition) is 1. The molecule has 1 fully saturated rings. The van der Waals surface area contributed by atoms with Crippen LogP contribution < -0.4 is 10.2 Å². The third kappa shape index (κ3) is 3.62. The molecule has 0 bridgehead atoms. The van der Waals surface area contributed by atoms with Crippen molar-refractivity contribution in [2.75, 3.05) is 25.0 Å². The van der Waals surface area contributed by atoms with Gasteiger partial charge < -0.3 is 15.1 Å². The molecule has 8 heteroatoms. The predicted octanol–water partition coefficient (Wildman–Crippen LogP) is 3.87. The first-order chi connectivity index (χ1) is 14.3. The monoisotopic (exact) mass is 417 g/mol. The number of benzene rings is 2. The molecule has 2 aliphatic heterocycles. The maximum Gasteiger partial charge on any atom is 0.317 e. The molecule has 2 aliphatic rings. The fourth-order valence-corrected chi connectivity index (χ4v) is 4.38. The number of amides is 2. The lowest BCUT2D eigenvalue weighted by atomic mass is 9.77. The zero-order valence-corrected chi connectivity index (χ0v) is 16.6. The molecule has 0 aromatic heterocycles. The van der Waals surface area contributed by atoms with Gasteiger partial charge >= 0.3 is 6.03 Å². The van der Waals surface area contributed by atoms with Crippen LogP contribution in [0, 0.1) is 17.5 Å². The molecule has 0 aliphatic carbocycles. The van der Waals surface area contributed by atoms with E-state index in [9.17, 15) is 22.8 Å². The van der Waals surface area contributed by atoms with Crippen molar-refractivity contribution in [2.45, 2.75) is 31.3 Å². The Morgan fingerprint density at radius 2 is 1.73 bits per heavy atom. The molecule has 30 heavy (non-hydrogen) atoms. The largest absolute Gasteiger partial charge is 0.368 e. The van der Waals surface area contributed by atoms with Crippen LogP contribution in [0.1, 0.15) is 35.2 Å². The third-order valence-corrected chi connectivity index (χ3v) is 6.25. The van der Waals surface area contributed by atoms with Crippen molar-refractivity contribution in [2.24, 2.45) is 0 Å². The number of piperidine rings is 1. The number of anilines is 1. The second-order valence-corrected chi connectivity index (χ2v) is 7.93. The van der Waals surface area contributed by atoms with E-state index in [-0.39, 0.29) is 30.3 Å². The highest BCUT2D eigenvalue weighted by Crippen LogP contribution is 2.41. The summed E-state index contributed by atoms with van der Waals surface area (Å²) in [6.07, 6.45) is 1.45. The lowest BCUT2D eigenvalue weighted by molar-refractivity contribution is 0.0890. The van der Waals surface area contributed by atoms with Crippen LogP contribution in [0.2, 0.25) is 0 Å². The van der Waals surface area contributed by atoms with Crippen LogP contribution >= 0.6 is 0 Å². The maximum atomic E-state index is 13.7. The molecule has 4 rings (SSSR count). The molecule has 0 unspecified atom stereocenters. The Morgan fingerprint density at radius 3 is 2.43 bits per heavy atom. The van der Waals surface area contributed by atoms with E-state index < -0.39 is 23.0 Å². The minimum Gasteiger partial charge on any atom is -0.368 e. The zero-order valence-electron chi connectivity index (χ0n) is 16.6. The zero-order chi connectivity index (χ0) is 21.5. The van der Waals surface area contributed by atoms with Crippen molar-refractivity contribution in [1.82, 2.24) is 10.2 Å². The van der Waals surface area contributed by atoms with Gasteiger partial charge in [0.1, 0.15) is 17.5 Å². The molecule has 2 heterocycles. The van der Waals surface area contributed by atoms with Crippen molar-refractivity contribution >= 4 is 17.5 Å². The molecule has 158 valence electrons. The Morgan fingerprint density at radius 1 is 1.07 bits per heavy atom. The number of ketones is 1. The van der Waals surface area contributed by atoms with E-state index in [1.165, 1.54) is 18.2 Å². The smallest absolute Gasteiger partial charge is 0.317 e. The minimum absolute atomic E-state index is 0.0378. The first-order valence-corrected chi connectivity index (χ1v) is 9.82. The van der Waals surface area contributed by atoms with Crippen LogP contribution in [-0.4, -0.2) is 42.4 Å². The number of likely N-dealkylation sites (tertiary alicyclic amines) is 1. The fourth-order valence-electron chi connectivity index (χ4n) is 4.38. The summed E-state index contributed by atoms with van der Waals surface area (Å²) in [5.74, 6) is -1.90. The third-order valence-electron chi connectivity index (χ3n) is 6.25. The molecular weight excluding hydrogens is 395 g/mol. The number of fused-ring (bicyclic) bond motifs is 1. The summed E-state index contributed by atoms with van der Waals surface area (Å²) in [5.41, 5.74) is 0.892. The van der Waals surface area contributed by atoms with Crippen LogP contribution in [0.25, 0.3) is 0 Å². The molecule has 1 spiro atoms. The van der Waals surface area contributed by atoms with Crippen molar-refractivity contribution < 1.29 is 22.8 Å². The Bertz CT molecular complexity index is 1000. The van der Waals surface area contributed by atoms with E-state index in [4.69, 9.17) is 0 Å². The van der Waals surface area contributed by atoms with Gasteiger partial charge in [0.2, 0.25) is 0 Å². The number of halogens is 3. The summed E-state index contributed by atoms with van der Waals surface area (Å²) in [7, 11) is 1.90. The average molecular weight is 417 g/mol. The summed E-state index contributed by atoms with van der Waals surface area (Å²) in [5, 5.41) is 2.66. The van der Waals surface area contributed by atoms with Crippen molar-refractivity contribution in [3.63, 3.8) is 0 Å². The van der Waals surface area contributed by atoms with E-state index in [1.54, 1.807) is 11.0 Å². The number of nitrogens with zero attached hydrogens (tertiary/aromatic N) is 2. The summed E-state index contributed by atoms with van der Waals surface area (Å²) in [6, 6.07) is 7.15. The van der Waals surface area contributed by atoms with E-state index in [0.717, 1.165) is 12.1 Å². The van der Waals surface area contributed by atoms with Gasteiger partial charge in [-0.15, -0.1) is 0 Å². The molecule has 1 N–H and O–H groups in total. The highest BCUT2D eigenvalue weighted by molar-refractivity contribution is 6.04. The van der Waals surface area contributed by atoms with Crippen LogP contribution in [-0.2, 0) is 6.54 Å². The number of Topliss-reactive ketones (excluding diaryl/α,β-unsaturated/α-hetero) is 1. The minimum atomic E-state index is -0.703. The van der Waals surface area contributed by atoms with Gasteiger partial charge in [-0.25, -0.2) is 18.0 Å². The highest BCUT2D eigenvalue weighted by Gasteiger charge is 2.45. The SMILES string of the molecule is CN1c2ccc(F)cc2C(=O)CC12CCN(C(=O)NCc1ccc(F)cc1F)CC2. The van der Waals surface area contributed by atoms with Gasteiger partial charge in [-0.3, -0.25) is 4.79 Å². The summed E-state index contributed by atoms with van der Waals surface area (Å²) in [6.45, 7) is 0.835. The molecule has 0 saturated carbocycles. The van der Waals surface area contributed by atoms with Gasteiger partial charge in [0, 0.05) is 56.0 Å². The molecule has 1 saturated heterocycles. The highest BCUT2D eigenvalue weighted by atomic mass is 19.1. The molecule has 2 amide bonds. The lowest BCUT2D eigenvalue weighted by Gasteiger charge is -2.50. The van der Waals surface area contributed by atoms with Crippen LogP contribution in [0.4, 0.5) is 23.7 Å². The standard InChI is InChI=1S/C22H22F3N3O2/c1-27-19-5-4-15(23)10-17(19)20(29)12-22(27)6-8-28(9-7-22)21(30)26-13-14-2-3-16(24)11-18(14)25/h2-5,10-11H,6-9,12-13H2,1H3,(H,26,30). The Labute approximate surface area is 172 Å². The van der Waals surface area contributed by atoms with E-state index >= 15 is 0 Å². The number of urea groups is 1. The predicted molar refractivity (Wildman–Crippen MR) is 106 cm³/mol. The van der Waals surface area contributed by atoms with Gasteiger partial charge in [-0.1, -0.05) is 6.07 Å². The summed E-state index contributed by atoms with van der Waals surface area (Å²) >= 11 is 0. The first-order valence-electron chi connectivity index (χ1n) is 9.82. The van der Waals surface area contributed by atoms with Crippen LogP contribution in [0.3, 0.4) is 0 Å². The summed E-state index contributed by atoms with van der Waals surface area (Å²) in [4.78, 5) is 28.8. The van der Waals surface area contributed by atoms with Gasteiger partial charge in [-0.05, 0) is 37.1 Å². The number of hydrogen-bond acceptors (Lipinski definition) is 3. The average Bonchev–Trinajstić information content (AvgIpc) is 2.72. The topological polar surface area (TPSA) is 52.7 Å². The van der Waals surface area contributed by atoms with Crippen molar-refractivity contribution in [1.29, 1.82) is 0 Å². The van der Waals surface area contributed by atoms with E-state index in [2.05, 4.69) is 5.32 Å². The molecule has 0 atom stereocenters. The van der Waals surface area contributed by atoms with Crippen LogP contribution in [0.15, 0.2) is 36.4 Å². The van der Waals surface area contributed by atoms with Gasteiger partial charge in [0.25, 0.3) is 0 Å². The number of nitrogens with one attached hydrogen (secondary N) is 1. The molecule has 0 radical (unpaired) electrons. The van der Waals surface area contributed by atoms with E-state index in [0.29, 0.717) is 37.2 Å². The second kappa shape index (κ2) is 7.66. The lowest BCUT2D eigenvalue weighted by Crippen LogP contribution is -2.59. The van der Waals surface area contributed by atoms with Crippen LogP contribution in [0.5, 0.6) is 0 Å². The van der Waals surface area contributed by atoms with Gasteiger partial charge in [0.05, 0.1) is 5.54 Å². The maximum absolute atomic E-state index is 13.7. The number of rotatable bonds is 2. The Balaban J connectivity index is 1.40. The molecule has 2 aromatic carbocycles. The molecule has 5 nitrogen and oxygen atoms in total. The Kier molecular flexibility index (Phi) is 5.17. The van der Waals surface area contributed by atoms with E-state index in [1.807, 2.05) is 11.9 Å². The molecule has 2 aromatic rings. The molecular formula is C22H22F3N3O2. The number of carbonyl (C=O) groups excluding carboxylic acids is 2. The summed E-state index contributed by atoms with van der Waals surface area (Å²) < 4.78 is 40.3. The number of carbonyl (C=O) groups is 2. The second-order valence-electron chi connectivity index (χ2n) is 7.93. The first kappa shape index (κ1) is 20.3. The normalized spacial score (nSPS) is 17.8. The van der Waals surface area contributed by atoms with Crippen molar-refractivity contribution in [3.05, 3.63) is 65.0 Å². The van der Waals surface area contributed by atoms with Crippen molar-refractivity contribution in [3.8, 4) is 0 Å². The van der Waals surface area contributed by atoms with Gasteiger partial charge in [-0.2, -0.15) is 0 Å². The quantitative estimate of drug-likeness (QED) is 0.807. The van der Waals surface area contributed by atoms with Gasteiger partial charge in [0.15, 0.2) is 5.78 Å². The fraction of sp³-hybridized carbons (Fsp3) is 0.364.